The Morgan fingerprint density at radius 1 is 1.11 bits per heavy atom. The lowest BCUT2D eigenvalue weighted by Crippen LogP contribution is -2.29. The molecule has 0 spiro atoms. The maximum atomic E-state index is 13.8. The molecule has 9 heteroatoms. The van der Waals surface area contributed by atoms with E-state index in [1.807, 2.05) is 6.92 Å². The van der Waals surface area contributed by atoms with Crippen LogP contribution < -0.4 is 15.1 Å². The zero-order valence-corrected chi connectivity index (χ0v) is 22.3. The largest absolute Gasteiger partial charge is 0.503 e. The minimum atomic E-state index is -0.883. The van der Waals surface area contributed by atoms with E-state index in [0.717, 1.165) is 12.8 Å². The van der Waals surface area contributed by atoms with E-state index in [2.05, 4.69) is 15.9 Å². The third-order valence-electron chi connectivity index (χ3n) is 6.48. The Kier molecular flexibility index (Phi) is 6.94. The van der Waals surface area contributed by atoms with Crippen molar-refractivity contribution in [1.29, 1.82) is 0 Å². The van der Waals surface area contributed by atoms with Crippen LogP contribution >= 0.6 is 15.9 Å². The van der Waals surface area contributed by atoms with Gasteiger partial charge >= 0.3 is 5.97 Å². The minimum Gasteiger partial charge on any atom is -0.503 e. The van der Waals surface area contributed by atoms with E-state index in [4.69, 9.17) is 13.9 Å². The van der Waals surface area contributed by atoms with Gasteiger partial charge in [0.1, 0.15) is 5.58 Å². The average molecular weight is 578 g/mol. The number of fused-ring (bicyclic) bond motifs is 2. The van der Waals surface area contributed by atoms with E-state index in [-0.39, 0.29) is 28.3 Å². The number of benzene rings is 3. The Balaban J connectivity index is 1.66. The van der Waals surface area contributed by atoms with Crippen molar-refractivity contribution in [2.24, 2.45) is 0 Å². The molecule has 0 saturated heterocycles. The van der Waals surface area contributed by atoms with Crippen molar-refractivity contribution in [3.63, 3.8) is 0 Å². The quantitative estimate of drug-likeness (QED) is 0.213. The zero-order chi connectivity index (χ0) is 27.0. The summed E-state index contributed by atoms with van der Waals surface area (Å²) in [5.41, 5.74) is 1.46. The number of esters is 1. The first-order valence-electron chi connectivity index (χ1n) is 12.1. The van der Waals surface area contributed by atoms with Gasteiger partial charge in [-0.3, -0.25) is 14.5 Å². The Labute approximate surface area is 226 Å². The molecule has 0 bridgehead atoms. The fourth-order valence-corrected chi connectivity index (χ4v) is 5.02. The summed E-state index contributed by atoms with van der Waals surface area (Å²) in [7, 11) is 1.41. The molecule has 2 heterocycles. The molecule has 1 aliphatic rings. The number of hydrogen-bond acceptors (Lipinski definition) is 7. The molecule has 194 valence electrons. The number of phenols is 1. The number of ether oxygens (including phenoxy) is 2. The van der Waals surface area contributed by atoms with Gasteiger partial charge in [0.05, 0.1) is 40.7 Å². The average Bonchev–Trinajstić information content (AvgIpc) is 3.22. The Morgan fingerprint density at radius 3 is 2.55 bits per heavy atom. The first-order chi connectivity index (χ1) is 18.3. The summed E-state index contributed by atoms with van der Waals surface area (Å²) in [6.07, 6.45) is 1.68. The Morgan fingerprint density at radius 2 is 1.84 bits per heavy atom. The summed E-state index contributed by atoms with van der Waals surface area (Å²) in [6, 6.07) is 15.5. The SMILES string of the molecule is CCCCOC(=O)c1ccc(N2C(=O)c3oc4ccccc4c(=O)c3C2c2cc(Br)c(O)c(OC)c2)cc1. The van der Waals surface area contributed by atoms with Crippen LogP contribution in [0.1, 0.15) is 57.8 Å². The molecule has 1 N–H and O–H groups in total. The summed E-state index contributed by atoms with van der Waals surface area (Å²) in [5, 5.41) is 10.7. The lowest BCUT2D eigenvalue weighted by atomic mass is 9.97. The number of aromatic hydroxyl groups is 1. The van der Waals surface area contributed by atoms with Crippen LogP contribution in [0.4, 0.5) is 5.69 Å². The number of anilines is 1. The molecule has 0 radical (unpaired) electrons. The van der Waals surface area contributed by atoms with Crippen LogP contribution in [-0.2, 0) is 4.74 Å². The molecular weight excluding hydrogens is 554 g/mol. The van der Waals surface area contributed by atoms with Gasteiger partial charge < -0.3 is 19.0 Å². The molecule has 8 nitrogen and oxygen atoms in total. The predicted octanol–water partition coefficient (Wildman–Crippen LogP) is 5.98. The Bertz CT molecular complexity index is 1610. The van der Waals surface area contributed by atoms with E-state index in [9.17, 15) is 19.5 Å². The van der Waals surface area contributed by atoms with Crippen LogP contribution in [0.25, 0.3) is 11.0 Å². The van der Waals surface area contributed by atoms with Crippen LogP contribution in [0.15, 0.2) is 74.3 Å². The van der Waals surface area contributed by atoms with E-state index in [0.29, 0.717) is 38.9 Å². The van der Waals surface area contributed by atoms with Crippen LogP contribution in [0, 0.1) is 0 Å². The highest BCUT2D eigenvalue weighted by Crippen LogP contribution is 2.45. The summed E-state index contributed by atoms with van der Waals surface area (Å²) in [4.78, 5) is 41.3. The number of halogens is 1. The molecule has 4 aromatic rings. The number of hydrogen-bond donors (Lipinski definition) is 1. The molecule has 38 heavy (non-hydrogen) atoms. The molecule has 1 aliphatic heterocycles. The number of unbranched alkanes of at least 4 members (excludes halogenated alkanes) is 1. The van der Waals surface area contributed by atoms with Gasteiger partial charge in [0.25, 0.3) is 5.91 Å². The topological polar surface area (TPSA) is 106 Å². The molecular formula is C29H24BrNO7. The predicted molar refractivity (Wildman–Crippen MR) is 145 cm³/mol. The second-order valence-corrected chi connectivity index (χ2v) is 9.69. The molecule has 0 fully saturated rings. The summed E-state index contributed by atoms with van der Waals surface area (Å²) in [6.45, 7) is 2.34. The fraction of sp³-hybridized carbons (Fsp3) is 0.207. The lowest BCUT2D eigenvalue weighted by molar-refractivity contribution is 0.0499. The highest BCUT2D eigenvalue weighted by Gasteiger charge is 2.44. The number of methoxy groups -OCH3 is 1. The first-order valence-corrected chi connectivity index (χ1v) is 12.9. The van der Waals surface area contributed by atoms with Crippen molar-refractivity contribution in [3.8, 4) is 11.5 Å². The maximum Gasteiger partial charge on any atom is 0.338 e. The zero-order valence-electron chi connectivity index (χ0n) is 20.7. The summed E-state index contributed by atoms with van der Waals surface area (Å²) in [5.74, 6) is -0.957. The second-order valence-electron chi connectivity index (χ2n) is 8.84. The fourth-order valence-electron chi connectivity index (χ4n) is 4.56. The van der Waals surface area contributed by atoms with Gasteiger partial charge in [-0.2, -0.15) is 0 Å². The van der Waals surface area contributed by atoms with Crippen molar-refractivity contribution in [2.45, 2.75) is 25.8 Å². The normalized spacial score (nSPS) is 14.6. The molecule has 1 aromatic heterocycles. The highest BCUT2D eigenvalue weighted by atomic mass is 79.9. The number of para-hydroxylation sites is 1. The molecule has 0 saturated carbocycles. The molecule has 1 amide bonds. The van der Waals surface area contributed by atoms with Crippen molar-refractivity contribution in [1.82, 2.24) is 0 Å². The van der Waals surface area contributed by atoms with E-state index >= 15 is 0 Å². The third kappa shape index (κ3) is 4.32. The van der Waals surface area contributed by atoms with Crippen molar-refractivity contribution in [3.05, 3.63) is 97.8 Å². The number of phenolic OH excluding ortho intramolecular Hbond substituents is 1. The van der Waals surface area contributed by atoms with E-state index in [1.165, 1.54) is 12.0 Å². The lowest BCUT2D eigenvalue weighted by Gasteiger charge is -2.26. The molecule has 0 aliphatic carbocycles. The van der Waals surface area contributed by atoms with Crippen molar-refractivity contribution >= 4 is 44.5 Å². The molecule has 1 atom stereocenters. The maximum absolute atomic E-state index is 13.8. The van der Waals surface area contributed by atoms with Gasteiger partial charge in [0, 0.05) is 5.69 Å². The van der Waals surface area contributed by atoms with Crippen LogP contribution in [-0.4, -0.2) is 30.7 Å². The molecule has 5 rings (SSSR count). The van der Waals surface area contributed by atoms with Crippen LogP contribution in [0.3, 0.4) is 0 Å². The number of rotatable bonds is 7. The van der Waals surface area contributed by atoms with E-state index in [1.54, 1.807) is 60.7 Å². The standard InChI is InChI=1S/C29H24BrNO7/c1-3-4-13-37-29(35)16-9-11-18(12-10-16)31-24(17-14-20(30)26(33)22(15-17)36-2)23-25(32)19-7-5-6-8-21(19)38-27(23)28(31)34/h5-12,14-15,24,33H,3-4,13H2,1-2H3. The van der Waals surface area contributed by atoms with Gasteiger partial charge in [0.15, 0.2) is 16.9 Å². The summed E-state index contributed by atoms with van der Waals surface area (Å²) >= 11 is 3.34. The minimum absolute atomic E-state index is 0.0649. The van der Waals surface area contributed by atoms with Gasteiger partial charge in [-0.25, -0.2) is 4.79 Å². The molecule has 1 unspecified atom stereocenters. The summed E-state index contributed by atoms with van der Waals surface area (Å²) < 4.78 is 16.9. The van der Waals surface area contributed by atoms with Crippen molar-refractivity contribution < 1.29 is 28.6 Å². The van der Waals surface area contributed by atoms with E-state index < -0.39 is 17.9 Å². The Hall–Kier alpha value is -4.11. The van der Waals surface area contributed by atoms with Gasteiger partial charge in [-0.05, 0) is 76.4 Å². The monoisotopic (exact) mass is 577 g/mol. The van der Waals surface area contributed by atoms with Crippen LogP contribution in [0.2, 0.25) is 0 Å². The van der Waals surface area contributed by atoms with Crippen LogP contribution in [0.5, 0.6) is 11.5 Å². The van der Waals surface area contributed by atoms with Gasteiger partial charge in [-0.15, -0.1) is 0 Å². The third-order valence-corrected chi connectivity index (χ3v) is 7.08. The highest BCUT2D eigenvalue weighted by molar-refractivity contribution is 9.10. The van der Waals surface area contributed by atoms with Gasteiger partial charge in [0.2, 0.25) is 5.76 Å². The van der Waals surface area contributed by atoms with Gasteiger partial charge in [-0.1, -0.05) is 25.5 Å². The second kappa shape index (κ2) is 10.3. The number of carbonyl (C=O) groups is 2. The van der Waals surface area contributed by atoms with Crippen molar-refractivity contribution in [2.75, 3.05) is 18.6 Å². The first kappa shape index (κ1) is 25.5. The number of carbonyl (C=O) groups excluding carboxylic acids is 2. The smallest absolute Gasteiger partial charge is 0.338 e. The number of nitrogens with zero attached hydrogens (tertiary/aromatic N) is 1. The number of amides is 1. The molecule has 3 aromatic carbocycles.